The molecule has 0 bridgehead atoms. The van der Waals surface area contributed by atoms with Crippen LogP contribution in [0.3, 0.4) is 0 Å². The van der Waals surface area contributed by atoms with Gasteiger partial charge in [-0.1, -0.05) is 30.3 Å². The maximum atomic E-state index is 12.6. The molecule has 0 aromatic heterocycles. The number of ether oxygens (including phenoxy) is 4. The highest BCUT2D eigenvalue weighted by Gasteiger charge is 2.27. The fourth-order valence-electron chi connectivity index (χ4n) is 2.44. The molecule has 0 spiro atoms. The molecular weight excluding hydrogens is 386 g/mol. The smallest absolute Gasteiger partial charge is 0.340 e. The van der Waals surface area contributed by atoms with Crippen LogP contribution in [0.15, 0.2) is 41.8 Å². The number of carbonyl (C=O) groups excluding carboxylic acids is 1. The molecule has 28 heavy (non-hydrogen) atoms. The van der Waals surface area contributed by atoms with Gasteiger partial charge in [-0.3, -0.25) is 4.72 Å². The molecule has 0 radical (unpaired) electrons. The number of rotatable bonds is 8. The lowest BCUT2D eigenvalue weighted by Crippen LogP contribution is -2.15. The summed E-state index contributed by atoms with van der Waals surface area (Å²) >= 11 is 0. The van der Waals surface area contributed by atoms with E-state index in [1.54, 1.807) is 24.3 Å². The first-order valence-corrected chi connectivity index (χ1v) is 9.58. The largest absolute Gasteiger partial charge is 0.493 e. The molecule has 0 amide bonds. The molecule has 8 nitrogen and oxygen atoms in total. The van der Waals surface area contributed by atoms with Crippen molar-refractivity contribution in [3.05, 3.63) is 52.9 Å². The topological polar surface area (TPSA) is 100 Å². The number of hydrogen-bond acceptors (Lipinski definition) is 7. The monoisotopic (exact) mass is 407 g/mol. The van der Waals surface area contributed by atoms with Crippen molar-refractivity contribution in [3.63, 3.8) is 0 Å². The van der Waals surface area contributed by atoms with E-state index in [-0.39, 0.29) is 28.5 Å². The third kappa shape index (κ3) is 4.74. The highest BCUT2D eigenvalue weighted by atomic mass is 32.2. The van der Waals surface area contributed by atoms with Crippen LogP contribution in [0.4, 0.5) is 5.69 Å². The Bertz CT molecular complexity index is 970. The van der Waals surface area contributed by atoms with Gasteiger partial charge in [-0.05, 0) is 11.6 Å². The lowest BCUT2D eigenvalue weighted by Gasteiger charge is -2.19. The molecule has 2 rings (SSSR count). The molecular formula is C19H21NO7S. The molecule has 0 heterocycles. The van der Waals surface area contributed by atoms with Gasteiger partial charge in [-0.15, -0.1) is 0 Å². The van der Waals surface area contributed by atoms with E-state index in [0.29, 0.717) is 5.56 Å². The number of carbonyl (C=O) groups is 1. The van der Waals surface area contributed by atoms with Crippen LogP contribution >= 0.6 is 0 Å². The number of esters is 1. The van der Waals surface area contributed by atoms with Gasteiger partial charge in [0.25, 0.3) is 10.0 Å². The highest BCUT2D eigenvalue weighted by molar-refractivity contribution is 7.95. The van der Waals surface area contributed by atoms with Crippen molar-refractivity contribution < 1.29 is 32.2 Å². The van der Waals surface area contributed by atoms with E-state index in [9.17, 15) is 13.2 Å². The van der Waals surface area contributed by atoms with Crippen molar-refractivity contribution in [2.24, 2.45) is 0 Å². The normalized spacial score (nSPS) is 11.1. The summed E-state index contributed by atoms with van der Waals surface area (Å²) in [5.41, 5.74) is 0.485. The van der Waals surface area contributed by atoms with Crippen molar-refractivity contribution in [2.45, 2.75) is 0 Å². The molecule has 150 valence electrons. The van der Waals surface area contributed by atoms with Gasteiger partial charge in [-0.25, -0.2) is 13.2 Å². The van der Waals surface area contributed by atoms with E-state index in [1.165, 1.54) is 40.6 Å². The molecule has 0 aliphatic carbocycles. The van der Waals surface area contributed by atoms with Gasteiger partial charge in [0.15, 0.2) is 11.5 Å². The summed E-state index contributed by atoms with van der Waals surface area (Å²) in [6.45, 7) is 0. The minimum absolute atomic E-state index is 0.0149. The average molecular weight is 407 g/mol. The van der Waals surface area contributed by atoms with Crippen LogP contribution in [0.1, 0.15) is 15.9 Å². The lowest BCUT2D eigenvalue weighted by molar-refractivity contribution is 0.0601. The Labute approximate surface area is 163 Å². The van der Waals surface area contributed by atoms with E-state index in [1.807, 2.05) is 6.07 Å². The summed E-state index contributed by atoms with van der Waals surface area (Å²) in [6.07, 6.45) is 1.42. The highest BCUT2D eigenvalue weighted by Crippen LogP contribution is 2.45. The zero-order valence-electron chi connectivity index (χ0n) is 15.9. The number of nitrogens with one attached hydrogen (secondary N) is 1. The van der Waals surface area contributed by atoms with Crippen LogP contribution in [0.2, 0.25) is 0 Å². The first-order valence-electron chi connectivity index (χ1n) is 8.04. The molecule has 0 aliphatic rings. The quantitative estimate of drug-likeness (QED) is 0.672. The van der Waals surface area contributed by atoms with Gasteiger partial charge in [-0.2, -0.15) is 0 Å². The summed E-state index contributed by atoms with van der Waals surface area (Å²) < 4.78 is 48.0. The average Bonchev–Trinajstić information content (AvgIpc) is 2.71. The van der Waals surface area contributed by atoms with E-state index >= 15 is 0 Å². The number of anilines is 1. The molecule has 9 heteroatoms. The van der Waals surface area contributed by atoms with Gasteiger partial charge in [0.2, 0.25) is 5.75 Å². The number of hydrogen-bond donors (Lipinski definition) is 1. The minimum Gasteiger partial charge on any atom is -0.493 e. The summed E-state index contributed by atoms with van der Waals surface area (Å²) in [5.74, 6) is -0.479. The fourth-order valence-corrected chi connectivity index (χ4v) is 3.33. The van der Waals surface area contributed by atoms with E-state index in [2.05, 4.69) is 4.72 Å². The minimum atomic E-state index is -3.99. The van der Waals surface area contributed by atoms with E-state index < -0.39 is 16.0 Å². The Kier molecular flexibility index (Phi) is 6.89. The first-order chi connectivity index (χ1) is 13.4. The van der Waals surface area contributed by atoms with Crippen molar-refractivity contribution in [1.82, 2.24) is 0 Å². The van der Waals surface area contributed by atoms with Crippen LogP contribution < -0.4 is 18.9 Å². The third-order valence-electron chi connectivity index (χ3n) is 3.72. The second kappa shape index (κ2) is 9.14. The van der Waals surface area contributed by atoms with Crippen LogP contribution in [-0.2, 0) is 14.8 Å². The molecule has 0 saturated carbocycles. The zero-order chi connectivity index (χ0) is 20.7. The number of methoxy groups -OCH3 is 4. The summed E-state index contributed by atoms with van der Waals surface area (Å²) in [6, 6.07) is 10.2. The van der Waals surface area contributed by atoms with Crippen LogP contribution in [-0.4, -0.2) is 42.8 Å². The Morgan fingerprint density at radius 2 is 1.61 bits per heavy atom. The fraction of sp³-hybridized carbons (Fsp3) is 0.211. The SMILES string of the molecule is COC(=O)c1cc(OC)c(OC)c(OC)c1NS(=O)(=O)/C=C/c1ccccc1. The molecule has 0 saturated heterocycles. The first kappa shape index (κ1) is 21.1. The Balaban J connectivity index is 2.56. The van der Waals surface area contributed by atoms with Crippen molar-refractivity contribution >= 4 is 27.8 Å². The molecule has 0 atom stereocenters. The number of benzene rings is 2. The van der Waals surface area contributed by atoms with Crippen molar-refractivity contribution in [2.75, 3.05) is 33.2 Å². The van der Waals surface area contributed by atoms with Gasteiger partial charge in [0, 0.05) is 6.07 Å². The molecule has 1 N–H and O–H groups in total. The second-order valence-corrected chi connectivity index (χ2v) is 6.99. The van der Waals surface area contributed by atoms with Crippen LogP contribution in [0, 0.1) is 0 Å². The molecule has 2 aromatic rings. The van der Waals surface area contributed by atoms with Gasteiger partial charge < -0.3 is 18.9 Å². The van der Waals surface area contributed by atoms with Crippen LogP contribution in [0.25, 0.3) is 6.08 Å². The summed E-state index contributed by atoms with van der Waals surface area (Å²) in [7, 11) is 1.25. The maximum absolute atomic E-state index is 12.6. The standard InChI is InChI=1S/C19H21NO7S/c1-24-15-12-14(19(21)27-4)16(18(26-3)17(15)25-2)20-28(22,23)11-10-13-8-6-5-7-9-13/h5-12,20H,1-4H3/b11-10+. The summed E-state index contributed by atoms with van der Waals surface area (Å²) in [5, 5.41) is 0.986. The number of sulfonamides is 1. The van der Waals surface area contributed by atoms with E-state index in [4.69, 9.17) is 18.9 Å². The predicted octanol–water partition coefficient (Wildman–Crippen LogP) is 2.91. The zero-order valence-corrected chi connectivity index (χ0v) is 16.7. The second-order valence-electron chi connectivity index (χ2n) is 5.42. The van der Waals surface area contributed by atoms with E-state index in [0.717, 1.165) is 5.41 Å². The Morgan fingerprint density at radius 1 is 0.964 bits per heavy atom. The van der Waals surface area contributed by atoms with Crippen molar-refractivity contribution in [1.29, 1.82) is 0 Å². The molecule has 2 aromatic carbocycles. The molecule has 0 unspecified atom stereocenters. The Hall–Kier alpha value is -3.20. The van der Waals surface area contributed by atoms with Gasteiger partial charge in [0.1, 0.15) is 5.69 Å². The Morgan fingerprint density at radius 3 is 2.14 bits per heavy atom. The van der Waals surface area contributed by atoms with Crippen molar-refractivity contribution in [3.8, 4) is 17.2 Å². The lowest BCUT2D eigenvalue weighted by atomic mass is 10.1. The van der Waals surface area contributed by atoms with Gasteiger partial charge >= 0.3 is 5.97 Å². The third-order valence-corrected chi connectivity index (χ3v) is 4.70. The maximum Gasteiger partial charge on any atom is 0.340 e. The molecule has 0 aliphatic heterocycles. The van der Waals surface area contributed by atoms with Gasteiger partial charge in [0.05, 0.1) is 39.4 Å². The summed E-state index contributed by atoms with van der Waals surface area (Å²) in [4.78, 5) is 12.2. The predicted molar refractivity (Wildman–Crippen MR) is 105 cm³/mol. The van der Waals surface area contributed by atoms with Crippen LogP contribution in [0.5, 0.6) is 17.2 Å². The molecule has 0 fully saturated rings.